The Balaban J connectivity index is 2.10. The molecule has 26 heavy (non-hydrogen) atoms. The van der Waals surface area contributed by atoms with E-state index in [4.69, 9.17) is 0 Å². The summed E-state index contributed by atoms with van der Waals surface area (Å²) in [5, 5.41) is -0.786. The number of halogens is 3. The minimum atomic E-state index is -4.55. The van der Waals surface area contributed by atoms with Crippen LogP contribution in [0.4, 0.5) is 18.0 Å². The van der Waals surface area contributed by atoms with Crippen molar-refractivity contribution in [2.75, 3.05) is 6.26 Å². The Bertz CT molecular complexity index is 880. The van der Waals surface area contributed by atoms with Gasteiger partial charge >= 0.3 is 12.2 Å². The van der Waals surface area contributed by atoms with Crippen LogP contribution in [0.15, 0.2) is 52.1 Å². The van der Waals surface area contributed by atoms with Gasteiger partial charge in [-0.05, 0) is 42.6 Å². The molecule has 6 nitrogen and oxygen atoms in total. The first kappa shape index (κ1) is 20.2. The molecule has 140 valence electrons. The number of rotatable bonds is 4. The number of pyridine rings is 2. The molecule has 0 aliphatic rings. The number of urea groups is 1. The number of hydrogen-bond donors (Lipinski definition) is 1. The number of carbonyl (C=O) groups excluding carboxylic acids is 1. The fourth-order valence-corrected chi connectivity index (χ4v) is 3.58. The van der Waals surface area contributed by atoms with Crippen molar-refractivity contribution in [1.29, 1.82) is 0 Å². The van der Waals surface area contributed by atoms with Crippen molar-refractivity contribution in [1.82, 2.24) is 14.7 Å². The summed E-state index contributed by atoms with van der Waals surface area (Å²) in [4.78, 5) is 19.8. The fraction of sp³-hybridized carbons (Fsp3) is 0.267. The molecule has 0 fully saturated rings. The molecule has 0 radical (unpaired) electrons. The molecule has 0 saturated carbocycles. The van der Waals surface area contributed by atoms with E-state index in [1.54, 1.807) is 18.3 Å². The zero-order chi connectivity index (χ0) is 19.4. The summed E-state index contributed by atoms with van der Waals surface area (Å²) < 4.78 is 56.4. The van der Waals surface area contributed by atoms with Crippen molar-refractivity contribution < 1.29 is 22.2 Å². The molecule has 11 heteroatoms. The molecule has 2 heterocycles. The van der Waals surface area contributed by atoms with Gasteiger partial charge < -0.3 is 0 Å². The number of alkyl halides is 3. The van der Waals surface area contributed by atoms with Crippen LogP contribution in [0, 0.1) is 0 Å². The second-order valence-corrected chi connectivity index (χ2v) is 8.76. The smallest absolute Gasteiger partial charge is 0.275 e. The predicted octanol–water partition coefficient (Wildman–Crippen LogP) is 4.07. The average molecular weight is 404 g/mol. The van der Waals surface area contributed by atoms with E-state index < -0.39 is 32.9 Å². The van der Waals surface area contributed by atoms with Gasteiger partial charge in [0, 0.05) is 29.7 Å². The lowest BCUT2D eigenvalue weighted by atomic mass is 10.2. The second kappa shape index (κ2) is 8.04. The van der Waals surface area contributed by atoms with Crippen LogP contribution in [0.2, 0.25) is 0 Å². The van der Waals surface area contributed by atoms with Gasteiger partial charge in [-0.1, -0.05) is 6.07 Å². The molecule has 0 aliphatic heterocycles. The van der Waals surface area contributed by atoms with E-state index in [0.717, 1.165) is 24.2 Å². The number of carbonyl (C=O) groups is 1. The highest BCUT2D eigenvalue weighted by Gasteiger charge is 2.32. The summed E-state index contributed by atoms with van der Waals surface area (Å²) >= 11 is 0.963. The number of amides is 2. The van der Waals surface area contributed by atoms with Crippen LogP contribution >= 0.6 is 11.9 Å². The van der Waals surface area contributed by atoms with Gasteiger partial charge in [0.15, 0.2) is 0 Å². The first-order valence-electron chi connectivity index (χ1n) is 7.20. The molecule has 0 bridgehead atoms. The van der Waals surface area contributed by atoms with Crippen LogP contribution in [-0.2, 0) is 15.9 Å². The van der Waals surface area contributed by atoms with Crippen molar-refractivity contribution in [3.05, 3.63) is 54.1 Å². The van der Waals surface area contributed by atoms with E-state index in [-0.39, 0.29) is 0 Å². The molecule has 2 amide bonds. The largest absolute Gasteiger partial charge is 0.433 e. The number of aromatic nitrogens is 2. The van der Waals surface area contributed by atoms with Crippen LogP contribution < -0.4 is 4.72 Å². The summed E-state index contributed by atoms with van der Waals surface area (Å²) in [5.74, 6) is 0. The van der Waals surface area contributed by atoms with Crippen LogP contribution in [0.1, 0.15) is 23.4 Å². The zero-order valence-corrected chi connectivity index (χ0v) is 15.4. The lowest BCUT2D eigenvalue weighted by Gasteiger charge is -2.14. The molecule has 0 aliphatic carbocycles. The standard InChI is InChI=1S/C15H15F3N4O2S2/c1-10(11-5-6-13(20-8-11)15(16,17)18)26(2,24)22-14(23)21-25-12-4-3-7-19-9-12/h3-10H,1-2H3,(H,21,23). The quantitative estimate of drug-likeness (QED) is 0.777. The van der Waals surface area contributed by atoms with Gasteiger partial charge in [0.1, 0.15) is 5.69 Å². The topological polar surface area (TPSA) is 84.3 Å². The van der Waals surface area contributed by atoms with E-state index in [9.17, 15) is 22.2 Å². The average Bonchev–Trinajstić information content (AvgIpc) is 2.59. The third-order valence-electron chi connectivity index (χ3n) is 3.36. The van der Waals surface area contributed by atoms with Crippen LogP contribution in [0.5, 0.6) is 0 Å². The Morgan fingerprint density at radius 1 is 1.31 bits per heavy atom. The Morgan fingerprint density at radius 2 is 2.04 bits per heavy atom. The van der Waals surface area contributed by atoms with Crippen molar-refractivity contribution in [3.63, 3.8) is 0 Å². The van der Waals surface area contributed by atoms with Crippen LogP contribution in [-0.4, -0.2) is 26.5 Å². The van der Waals surface area contributed by atoms with Gasteiger partial charge in [0.05, 0.1) is 15.0 Å². The first-order chi connectivity index (χ1) is 12.1. The number of nitrogens with zero attached hydrogens (tertiary/aromatic N) is 3. The maximum atomic E-state index is 12.7. The molecule has 2 atom stereocenters. The minimum Gasteiger partial charge on any atom is -0.275 e. The molecular formula is C15H15F3N4O2S2. The van der Waals surface area contributed by atoms with E-state index in [1.165, 1.54) is 25.4 Å². The highest BCUT2D eigenvalue weighted by Crippen LogP contribution is 2.29. The van der Waals surface area contributed by atoms with Gasteiger partial charge in [-0.2, -0.15) is 13.2 Å². The molecule has 1 N–H and O–H groups in total. The first-order valence-corrected chi connectivity index (χ1v) is 10.0. The molecule has 2 unspecified atom stereocenters. The summed E-state index contributed by atoms with van der Waals surface area (Å²) in [7, 11) is -3.05. The summed E-state index contributed by atoms with van der Waals surface area (Å²) in [6.45, 7) is 1.51. The summed E-state index contributed by atoms with van der Waals surface area (Å²) in [6, 6.07) is 4.59. The van der Waals surface area contributed by atoms with Gasteiger partial charge in [-0.25, -0.2) is 9.00 Å². The second-order valence-electron chi connectivity index (χ2n) is 5.27. The van der Waals surface area contributed by atoms with Gasteiger partial charge in [-0.3, -0.25) is 14.7 Å². The molecule has 0 spiro atoms. The Hall–Kier alpha value is -2.14. The normalized spacial score (nSPS) is 15.0. The minimum absolute atomic E-state index is 0.293. The van der Waals surface area contributed by atoms with E-state index in [2.05, 4.69) is 19.1 Å². The molecule has 0 saturated heterocycles. The van der Waals surface area contributed by atoms with Gasteiger partial charge in [-0.15, -0.1) is 4.36 Å². The van der Waals surface area contributed by atoms with E-state index in [1.807, 2.05) is 0 Å². The highest BCUT2D eigenvalue weighted by atomic mass is 32.2. The molecule has 2 aromatic rings. The van der Waals surface area contributed by atoms with Gasteiger partial charge in [0.2, 0.25) is 0 Å². The predicted molar refractivity (Wildman–Crippen MR) is 92.8 cm³/mol. The molecule has 2 aromatic heterocycles. The fourth-order valence-electron chi connectivity index (χ4n) is 1.84. The number of nitrogens with one attached hydrogen (secondary N) is 1. The third-order valence-corrected chi connectivity index (χ3v) is 6.22. The van der Waals surface area contributed by atoms with Gasteiger partial charge in [0.25, 0.3) is 0 Å². The van der Waals surface area contributed by atoms with Crippen molar-refractivity contribution in [2.45, 2.75) is 23.2 Å². The highest BCUT2D eigenvalue weighted by molar-refractivity contribution is 7.98. The number of hydrogen-bond acceptors (Lipinski definition) is 5. The lowest BCUT2D eigenvalue weighted by Crippen LogP contribution is -2.17. The maximum Gasteiger partial charge on any atom is 0.433 e. The van der Waals surface area contributed by atoms with Crippen molar-refractivity contribution in [3.8, 4) is 0 Å². The van der Waals surface area contributed by atoms with Crippen LogP contribution in [0.25, 0.3) is 0 Å². The third kappa shape index (κ3) is 5.43. The van der Waals surface area contributed by atoms with E-state index >= 15 is 0 Å². The van der Waals surface area contributed by atoms with E-state index in [0.29, 0.717) is 10.5 Å². The van der Waals surface area contributed by atoms with Crippen molar-refractivity contribution in [2.24, 2.45) is 4.36 Å². The van der Waals surface area contributed by atoms with Crippen molar-refractivity contribution >= 4 is 27.7 Å². The maximum absolute atomic E-state index is 12.7. The summed E-state index contributed by atoms with van der Waals surface area (Å²) in [6.07, 6.45) is 0.820. The zero-order valence-electron chi connectivity index (χ0n) is 13.7. The molecule has 0 aromatic carbocycles. The summed E-state index contributed by atoms with van der Waals surface area (Å²) in [5.41, 5.74) is -0.749. The Morgan fingerprint density at radius 3 is 2.58 bits per heavy atom. The SMILES string of the molecule is CC(c1ccc(C(F)(F)F)nc1)S(C)(=O)=NC(=O)NSc1cccnc1. The lowest BCUT2D eigenvalue weighted by molar-refractivity contribution is -0.141. The molecule has 2 rings (SSSR count). The Kier molecular flexibility index (Phi) is 6.24. The van der Waals surface area contributed by atoms with Crippen LogP contribution in [0.3, 0.4) is 0 Å². The molecular weight excluding hydrogens is 389 g/mol. The Labute approximate surface area is 152 Å². The monoisotopic (exact) mass is 404 g/mol.